The number of benzene rings is 1. The van der Waals surface area contributed by atoms with Crippen LogP contribution in [-0.4, -0.2) is 11.1 Å². The molecule has 0 aliphatic carbocycles. The average molecular weight is 273 g/mol. The van der Waals surface area contributed by atoms with E-state index in [1.807, 2.05) is 11.8 Å². The van der Waals surface area contributed by atoms with E-state index < -0.39 is 0 Å². The molecule has 0 heterocycles. The van der Waals surface area contributed by atoms with Gasteiger partial charge in [-0.1, -0.05) is 59.6 Å². The van der Waals surface area contributed by atoms with Crippen molar-refractivity contribution in [3.63, 3.8) is 0 Å². The van der Waals surface area contributed by atoms with Crippen molar-refractivity contribution >= 4 is 27.7 Å². The van der Waals surface area contributed by atoms with Gasteiger partial charge in [0, 0.05) is 11.1 Å². The summed E-state index contributed by atoms with van der Waals surface area (Å²) in [6, 6.07) is 10.7. The largest absolute Gasteiger partial charge is 0.157 e. The molecular weight excluding hydrogens is 256 g/mol. The molecule has 1 atom stereocenters. The van der Waals surface area contributed by atoms with Gasteiger partial charge < -0.3 is 0 Å². The highest BCUT2D eigenvalue weighted by atomic mass is 79.9. The van der Waals surface area contributed by atoms with Crippen LogP contribution in [-0.2, 0) is 5.75 Å². The van der Waals surface area contributed by atoms with Gasteiger partial charge in [-0.3, -0.25) is 0 Å². The van der Waals surface area contributed by atoms with E-state index in [2.05, 4.69) is 53.2 Å². The highest BCUT2D eigenvalue weighted by Crippen LogP contribution is 2.18. The standard InChI is InChI=1S/C12H17BrS/c1-2-11(8-13)9-14-10-12-6-4-3-5-7-12/h3-7,11H,2,8-10H2,1H3. The van der Waals surface area contributed by atoms with E-state index in [1.54, 1.807) is 0 Å². The molecule has 0 aliphatic rings. The van der Waals surface area contributed by atoms with Crippen LogP contribution in [0.4, 0.5) is 0 Å². The van der Waals surface area contributed by atoms with Crippen molar-refractivity contribution in [2.45, 2.75) is 19.1 Å². The predicted molar refractivity (Wildman–Crippen MR) is 70.2 cm³/mol. The summed E-state index contributed by atoms with van der Waals surface area (Å²) in [4.78, 5) is 0. The highest BCUT2D eigenvalue weighted by molar-refractivity contribution is 9.09. The number of alkyl halides is 1. The van der Waals surface area contributed by atoms with Gasteiger partial charge in [0.15, 0.2) is 0 Å². The molecule has 0 saturated carbocycles. The highest BCUT2D eigenvalue weighted by Gasteiger charge is 2.03. The number of thioether (sulfide) groups is 1. The van der Waals surface area contributed by atoms with Gasteiger partial charge in [0.2, 0.25) is 0 Å². The zero-order valence-electron chi connectivity index (χ0n) is 8.58. The maximum atomic E-state index is 3.55. The molecule has 1 unspecified atom stereocenters. The van der Waals surface area contributed by atoms with Gasteiger partial charge in [-0.05, 0) is 17.2 Å². The molecule has 0 aliphatic heterocycles. The topological polar surface area (TPSA) is 0 Å². The van der Waals surface area contributed by atoms with Crippen LogP contribution >= 0.6 is 27.7 Å². The molecule has 0 N–H and O–H groups in total. The van der Waals surface area contributed by atoms with E-state index in [1.165, 1.54) is 17.7 Å². The van der Waals surface area contributed by atoms with Crippen molar-refractivity contribution in [1.82, 2.24) is 0 Å². The van der Waals surface area contributed by atoms with Crippen LogP contribution in [0.25, 0.3) is 0 Å². The fourth-order valence-corrected chi connectivity index (χ4v) is 3.41. The maximum Gasteiger partial charge on any atom is 0.0184 e. The molecule has 0 amide bonds. The fourth-order valence-electron chi connectivity index (χ4n) is 1.19. The first-order valence-corrected chi connectivity index (χ1v) is 7.32. The van der Waals surface area contributed by atoms with Crippen molar-refractivity contribution in [3.05, 3.63) is 35.9 Å². The Hall–Kier alpha value is 0.0500. The van der Waals surface area contributed by atoms with Crippen LogP contribution in [0.2, 0.25) is 0 Å². The second kappa shape index (κ2) is 7.36. The first-order valence-electron chi connectivity index (χ1n) is 5.04. The zero-order chi connectivity index (χ0) is 10.2. The first kappa shape index (κ1) is 12.1. The van der Waals surface area contributed by atoms with Gasteiger partial charge in [-0.25, -0.2) is 0 Å². The Morgan fingerprint density at radius 2 is 2.00 bits per heavy atom. The number of rotatable bonds is 6. The van der Waals surface area contributed by atoms with Crippen LogP contribution in [0, 0.1) is 5.92 Å². The molecule has 14 heavy (non-hydrogen) atoms. The normalized spacial score (nSPS) is 12.7. The minimum Gasteiger partial charge on any atom is -0.157 e. The minimum atomic E-state index is 0.823. The zero-order valence-corrected chi connectivity index (χ0v) is 11.0. The maximum absolute atomic E-state index is 3.55. The van der Waals surface area contributed by atoms with Crippen molar-refractivity contribution < 1.29 is 0 Å². The summed E-state index contributed by atoms with van der Waals surface area (Å²) in [5.41, 5.74) is 1.43. The predicted octanol–water partition coefficient (Wildman–Crippen LogP) is 4.34. The third-order valence-electron chi connectivity index (χ3n) is 2.26. The Morgan fingerprint density at radius 3 is 2.57 bits per heavy atom. The fraction of sp³-hybridized carbons (Fsp3) is 0.500. The summed E-state index contributed by atoms with van der Waals surface area (Å²) < 4.78 is 0. The monoisotopic (exact) mass is 272 g/mol. The van der Waals surface area contributed by atoms with Crippen molar-refractivity contribution in [3.8, 4) is 0 Å². The van der Waals surface area contributed by atoms with E-state index in [4.69, 9.17) is 0 Å². The Bertz CT molecular complexity index is 231. The second-order valence-corrected chi connectivity index (χ2v) is 5.11. The van der Waals surface area contributed by atoms with E-state index >= 15 is 0 Å². The quantitative estimate of drug-likeness (QED) is 0.695. The van der Waals surface area contributed by atoms with Gasteiger partial charge in [0.25, 0.3) is 0 Å². The number of hydrogen-bond acceptors (Lipinski definition) is 1. The second-order valence-electron chi connectivity index (χ2n) is 3.43. The van der Waals surface area contributed by atoms with Gasteiger partial charge in [0.05, 0.1) is 0 Å². The molecule has 1 rings (SSSR count). The summed E-state index contributed by atoms with van der Waals surface area (Å²) >= 11 is 5.58. The Labute approximate surface area is 99.6 Å². The summed E-state index contributed by atoms with van der Waals surface area (Å²) in [7, 11) is 0. The van der Waals surface area contributed by atoms with Crippen molar-refractivity contribution in [2.24, 2.45) is 5.92 Å². The number of halogens is 1. The van der Waals surface area contributed by atoms with Crippen LogP contribution < -0.4 is 0 Å². The molecule has 0 aromatic heterocycles. The smallest absolute Gasteiger partial charge is 0.0184 e. The van der Waals surface area contributed by atoms with Gasteiger partial charge in [-0.2, -0.15) is 11.8 Å². The van der Waals surface area contributed by atoms with Crippen LogP contribution in [0.1, 0.15) is 18.9 Å². The van der Waals surface area contributed by atoms with Crippen LogP contribution in [0.5, 0.6) is 0 Å². The van der Waals surface area contributed by atoms with E-state index in [0.717, 1.165) is 17.0 Å². The molecule has 0 spiro atoms. The average Bonchev–Trinajstić information content (AvgIpc) is 2.26. The Balaban J connectivity index is 2.21. The third-order valence-corrected chi connectivity index (χ3v) is 4.42. The minimum absolute atomic E-state index is 0.823. The van der Waals surface area contributed by atoms with Crippen LogP contribution in [0.15, 0.2) is 30.3 Å². The molecular formula is C12H17BrS. The third kappa shape index (κ3) is 4.52. The SMILES string of the molecule is CCC(CBr)CSCc1ccccc1. The molecule has 0 fully saturated rings. The lowest BCUT2D eigenvalue weighted by Crippen LogP contribution is -2.03. The van der Waals surface area contributed by atoms with Crippen molar-refractivity contribution in [1.29, 1.82) is 0 Å². The van der Waals surface area contributed by atoms with E-state index in [-0.39, 0.29) is 0 Å². The lowest BCUT2D eigenvalue weighted by Gasteiger charge is -2.10. The number of hydrogen-bond donors (Lipinski definition) is 0. The summed E-state index contributed by atoms with van der Waals surface area (Å²) in [6.07, 6.45) is 1.27. The summed E-state index contributed by atoms with van der Waals surface area (Å²) in [5, 5.41) is 1.13. The van der Waals surface area contributed by atoms with E-state index in [9.17, 15) is 0 Å². The summed E-state index contributed by atoms with van der Waals surface area (Å²) in [5.74, 6) is 3.23. The summed E-state index contributed by atoms with van der Waals surface area (Å²) in [6.45, 7) is 2.26. The lowest BCUT2D eigenvalue weighted by atomic mass is 10.2. The molecule has 0 bridgehead atoms. The molecule has 78 valence electrons. The Kier molecular flexibility index (Phi) is 6.37. The molecule has 1 aromatic rings. The van der Waals surface area contributed by atoms with Crippen molar-refractivity contribution in [2.75, 3.05) is 11.1 Å². The van der Waals surface area contributed by atoms with Crippen LogP contribution in [0.3, 0.4) is 0 Å². The van der Waals surface area contributed by atoms with Gasteiger partial charge in [0.1, 0.15) is 0 Å². The molecule has 0 nitrogen and oxygen atoms in total. The molecule has 0 saturated heterocycles. The molecule has 2 heteroatoms. The lowest BCUT2D eigenvalue weighted by molar-refractivity contribution is 0.652. The van der Waals surface area contributed by atoms with E-state index in [0.29, 0.717) is 0 Å². The Morgan fingerprint density at radius 1 is 1.29 bits per heavy atom. The van der Waals surface area contributed by atoms with Gasteiger partial charge >= 0.3 is 0 Å². The van der Waals surface area contributed by atoms with Gasteiger partial charge in [-0.15, -0.1) is 0 Å². The molecule has 1 aromatic carbocycles. The molecule has 0 radical (unpaired) electrons. The first-order chi connectivity index (χ1) is 6.86.